The first kappa shape index (κ1) is 16.1. The van der Waals surface area contributed by atoms with Crippen molar-refractivity contribution in [1.29, 1.82) is 0 Å². The summed E-state index contributed by atoms with van der Waals surface area (Å²) in [4.78, 5) is 0. The zero-order valence-electron chi connectivity index (χ0n) is 9.99. The normalized spacial score (nSPS) is 26.5. The van der Waals surface area contributed by atoms with Crippen molar-refractivity contribution in [2.45, 2.75) is 39.3 Å². The van der Waals surface area contributed by atoms with Crippen molar-refractivity contribution in [3.8, 4) is 0 Å². The second kappa shape index (κ2) is 6.76. The summed E-state index contributed by atoms with van der Waals surface area (Å²) in [5, 5.41) is 3.19. The van der Waals surface area contributed by atoms with Gasteiger partial charge in [-0.15, -0.1) is 12.4 Å². The van der Waals surface area contributed by atoms with Crippen LogP contribution >= 0.6 is 12.4 Å². The molecule has 2 unspecified atom stereocenters. The van der Waals surface area contributed by atoms with Crippen LogP contribution in [0, 0.1) is 5.92 Å². The van der Waals surface area contributed by atoms with E-state index in [-0.39, 0.29) is 24.5 Å². The van der Waals surface area contributed by atoms with Crippen molar-refractivity contribution in [3.05, 3.63) is 0 Å². The molecule has 1 rings (SSSR count). The molecule has 1 saturated heterocycles. The second-order valence-corrected chi connectivity index (χ2v) is 5.95. The first-order valence-electron chi connectivity index (χ1n) is 5.41. The van der Waals surface area contributed by atoms with Crippen LogP contribution in [0.25, 0.3) is 0 Å². The van der Waals surface area contributed by atoms with E-state index in [9.17, 15) is 8.42 Å². The van der Waals surface area contributed by atoms with E-state index < -0.39 is 10.2 Å². The molecule has 1 fully saturated rings. The predicted molar refractivity (Wildman–Crippen MR) is 68.0 cm³/mol. The third-order valence-corrected chi connectivity index (χ3v) is 3.92. The summed E-state index contributed by atoms with van der Waals surface area (Å²) in [6.45, 7) is 7.37. The number of hydrogen-bond donors (Lipinski definition) is 3. The lowest BCUT2D eigenvalue weighted by Gasteiger charge is -2.30. The minimum atomic E-state index is -3.35. The van der Waals surface area contributed by atoms with Crippen LogP contribution in [-0.4, -0.2) is 33.6 Å². The fraction of sp³-hybridized carbons (Fsp3) is 1.00. The fourth-order valence-electron chi connectivity index (χ4n) is 1.69. The molecule has 1 aliphatic heterocycles. The molecule has 0 aromatic heterocycles. The molecule has 0 radical (unpaired) electrons. The smallest absolute Gasteiger partial charge is 0.277 e. The maximum absolute atomic E-state index is 11.6. The van der Waals surface area contributed by atoms with Crippen LogP contribution in [0.5, 0.6) is 0 Å². The third-order valence-electron chi connectivity index (χ3n) is 2.52. The van der Waals surface area contributed by atoms with E-state index in [2.05, 4.69) is 21.7 Å². The van der Waals surface area contributed by atoms with Gasteiger partial charge < -0.3 is 5.32 Å². The lowest BCUT2D eigenvalue weighted by Crippen LogP contribution is -2.53. The lowest BCUT2D eigenvalue weighted by molar-refractivity contribution is 0.325. The molecule has 0 aromatic carbocycles. The second-order valence-electron chi connectivity index (χ2n) is 4.47. The van der Waals surface area contributed by atoms with E-state index in [0.29, 0.717) is 12.5 Å². The largest absolute Gasteiger partial charge is 0.315 e. The van der Waals surface area contributed by atoms with Crippen LogP contribution in [0.1, 0.15) is 27.2 Å². The Hall–Kier alpha value is 0.120. The average Bonchev–Trinajstić information content (AvgIpc) is 2.06. The van der Waals surface area contributed by atoms with Crippen LogP contribution in [0.15, 0.2) is 0 Å². The van der Waals surface area contributed by atoms with Gasteiger partial charge in [-0.1, -0.05) is 6.92 Å². The van der Waals surface area contributed by atoms with E-state index in [1.165, 1.54) is 0 Å². The highest BCUT2D eigenvalue weighted by molar-refractivity contribution is 7.87. The summed E-state index contributed by atoms with van der Waals surface area (Å²) in [7, 11) is -3.35. The highest BCUT2D eigenvalue weighted by Crippen LogP contribution is 2.11. The molecule has 98 valence electrons. The van der Waals surface area contributed by atoms with E-state index in [4.69, 9.17) is 0 Å². The van der Waals surface area contributed by atoms with Crippen molar-refractivity contribution in [2.24, 2.45) is 5.92 Å². The third kappa shape index (κ3) is 5.45. The first-order chi connectivity index (χ1) is 6.91. The van der Waals surface area contributed by atoms with Crippen molar-refractivity contribution in [1.82, 2.24) is 14.8 Å². The molecule has 3 N–H and O–H groups in total. The summed E-state index contributed by atoms with van der Waals surface area (Å²) in [5.74, 6) is 0.384. The average molecular weight is 272 g/mol. The van der Waals surface area contributed by atoms with Gasteiger partial charge in [-0.3, -0.25) is 0 Å². The molecule has 5 nitrogen and oxygen atoms in total. The van der Waals surface area contributed by atoms with Gasteiger partial charge >= 0.3 is 0 Å². The maximum Gasteiger partial charge on any atom is 0.277 e. The molecule has 0 amide bonds. The summed E-state index contributed by atoms with van der Waals surface area (Å²) < 4.78 is 28.4. The van der Waals surface area contributed by atoms with Gasteiger partial charge in [0.1, 0.15) is 0 Å². The lowest BCUT2D eigenvalue weighted by atomic mass is 9.96. The molecule has 2 atom stereocenters. The molecule has 0 aromatic rings. The van der Waals surface area contributed by atoms with Gasteiger partial charge in [-0.2, -0.15) is 17.9 Å². The van der Waals surface area contributed by atoms with Gasteiger partial charge in [-0.25, -0.2) is 0 Å². The SMILES string of the molecule is CC(C)NS(=O)(=O)NC1CNCCC1C.Cl. The quantitative estimate of drug-likeness (QED) is 0.686. The Bertz CT molecular complexity index is 295. The zero-order valence-corrected chi connectivity index (χ0v) is 11.6. The number of rotatable bonds is 4. The molecule has 0 spiro atoms. The van der Waals surface area contributed by atoms with Crippen LogP contribution < -0.4 is 14.8 Å². The number of nitrogens with one attached hydrogen (secondary N) is 3. The Labute approximate surface area is 104 Å². The van der Waals surface area contributed by atoms with Gasteiger partial charge in [0.25, 0.3) is 10.2 Å². The van der Waals surface area contributed by atoms with Crippen molar-refractivity contribution in [3.63, 3.8) is 0 Å². The van der Waals surface area contributed by atoms with E-state index in [0.717, 1.165) is 13.0 Å². The van der Waals surface area contributed by atoms with E-state index in [1.54, 1.807) is 0 Å². The Morgan fingerprint density at radius 1 is 1.38 bits per heavy atom. The topological polar surface area (TPSA) is 70.2 Å². The fourth-order valence-corrected chi connectivity index (χ4v) is 3.09. The maximum atomic E-state index is 11.6. The number of hydrogen-bond acceptors (Lipinski definition) is 3. The molecule has 0 aliphatic carbocycles. The van der Waals surface area contributed by atoms with Crippen LogP contribution in [0.2, 0.25) is 0 Å². The first-order valence-corrected chi connectivity index (χ1v) is 6.89. The van der Waals surface area contributed by atoms with Crippen LogP contribution in [-0.2, 0) is 10.2 Å². The predicted octanol–water partition coefficient (Wildman–Crippen LogP) is 0.239. The zero-order chi connectivity index (χ0) is 11.5. The molecule has 16 heavy (non-hydrogen) atoms. The van der Waals surface area contributed by atoms with Crippen molar-refractivity contribution >= 4 is 22.6 Å². The van der Waals surface area contributed by atoms with Crippen LogP contribution in [0.4, 0.5) is 0 Å². The van der Waals surface area contributed by atoms with Crippen molar-refractivity contribution in [2.75, 3.05) is 13.1 Å². The Kier molecular flexibility index (Phi) is 6.81. The van der Waals surface area contributed by atoms with Gasteiger partial charge in [0.2, 0.25) is 0 Å². The Morgan fingerprint density at radius 2 is 2.00 bits per heavy atom. The van der Waals surface area contributed by atoms with E-state index >= 15 is 0 Å². The van der Waals surface area contributed by atoms with E-state index in [1.807, 2.05) is 13.8 Å². The van der Waals surface area contributed by atoms with Gasteiger partial charge in [0.05, 0.1) is 0 Å². The Morgan fingerprint density at radius 3 is 2.50 bits per heavy atom. The highest BCUT2D eigenvalue weighted by Gasteiger charge is 2.25. The van der Waals surface area contributed by atoms with Crippen LogP contribution in [0.3, 0.4) is 0 Å². The highest BCUT2D eigenvalue weighted by atomic mass is 35.5. The summed E-state index contributed by atoms with van der Waals surface area (Å²) in [5.41, 5.74) is 0. The van der Waals surface area contributed by atoms with Gasteiger partial charge in [0.15, 0.2) is 0 Å². The number of halogens is 1. The standard InChI is InChI=1S/C9H21N3O2S.ClH/c1-7(2)11-15(13,14)12-9-6-10-5-4-8(9)3;/h7-12H,4-6H2,1-3H3;1H. The minimum absolute atomic E-state index is 0. The number of piperidine rings is 1. The minimum Gasteiger partial charge on any atom is -0.315 e. The molecule has 0 bridgehead atoms. The van der Waals surface area contributed by atoms with Gasteiger partial charge in [0, 0.05) is 18.6 Å². The molecule has 1 heterocycles. The molecular weight excluding hydrogens is 250 g/mol. The van der Waals surface area contributed by atoms with Gasteiger partial charge in [-0.05, 0) is 32.7 Å². The molecule has 7 heteroatoms. The molecular formula is C9H22ClN3O2S. The monoisotopic (exact) mass is 271 g/mol. The summed E-state index contributed by atoms with van der Waals surface area (Å²) >= 11 is 0. The summed E-state index contributed by atoms with van der Waals surface area (Å²) in [6, 6.07) is -0.0793. The molecule has 0 saturated carbocycles. The van der Waals surface area contributed by atoms with Crippen molar-refractivity contribution < 1.29 is 8.42 Å². The Balaban J connectivity index is 0.00000225. The summed E-state index contributed by atoms with van der Waals surface area (Å²) in [6.07, 6.45) is 1.01. The molecule has 1 aliphatic rings.